The summed E-state index contributed by atoms with van der Waals surface area (Å²) in [5.41, 5.74) is 1.62. The van der Waals surface area contributed by atoms with Gasteiger partial charge >= 0.3 is 5.69 Å². The van der Waals surface area contributed by atoms with Gasteiger partial charge in [0.2, 0.25) is 23.6 Å². The number of piperidine rings is 2. The molecular formula is C49H56Cl2FN7O6. The van der Waals surface area contributed by atoms with Crippen LogP contribution in [0.5, 0.6) is 5.75 Å². The number of fused-ring (bicyclic) bond motifs is 4. The molecule has 65 heavy (non-hydrogen) atoms. The Morgan fingerprint density at radius 3 is 2.40 bits per heavy atom. The summed E-state index contributed by atoms with van der Waals surface area (Å²) in [6, 6.07) is 12.3. The van der Waals surface area contributed by atoms with E-state index in [0.29, 0.717) is 35.0 Å². The fraction of sp³-hybridized carbons (Fsp3) is 0.531. The van der Waals surface area contributed by atoms with E-state index >= 15 is 4.39 Å². The molecule has 5 heterocycles. The first-order valence-corrected chi connectivity index (χ1v) is 24.1. The smallest absolute Gasteiger partial charge is 0.329 e. The number of imide groups is 1. The molecule has 4 aromatic rings. The summed E-state index contributed by atoms with van der Waals surface area (Å²) in [5, 5.41) is 13.1. The van der Waals surface area contributed by atoms with E-state index in [9.17, 15) is 24.0 Å². The number of hydrogen-bond donors (Lipinski definition) is 4. The number of anilines is 1. The van der Waals surface area contributed by atoms with Gasteiger partial charge in [-0.05, 0) is 124 Å². The lowest BCUT2D eigenvalue weighted by Gasteiger charge is -2.47. The Labute approximate surface area is 387 Å². The van der Waals surface area contributed by atoms with Crippen LogP contribution in [-0.4, -0.2) is 82.0 Å². The van der Waals surface area contributed by atoms with Crippen molar-refractivity contribution in [2.75, 3.05) is 32.1 Å². The van der Waals surface area contributed by atoms with E-state index in [2.05, 4.69) is 26.2 Å². The highest BCUT2D eigenvalue weighted by Crippen LogP contribution is 2.63. The third kappa shape index (κ3) is 7.20. The van der Waals surface area contributed by atoms with Crippen molar-refractivity contribution >= 4 is 63.6 Å². The van der Waals surface area contributed by atoms with Crippen LogP contribution >= 0.6 is 23.2 Å². The first kappa shape index (κ1) is 44.1. The quantitative estimate of drug-likeness (QED) is 0.138. The number of carbonyl (C=O) groups is 4. The number of methoxy groups -OCH3 is 1. The summed E-state index contributed by atoms with van der Waals surface area (Å²) in [6.45, 7) is 2.71. The number of amides is 4. The summed E-state index contributed by atoms with van der Waals surface area (Å²) < 4.78 is 25.4. The van der Waals surface area contributed by atoms with E-state index in [0.717, 1.165) is 99.8 Å². The fourth-order valence-electron chi connectivity index (χ4n) is 13.1. The number of rotatable bonds is 8. The van der Waals surface area contributed by atoms with Crippen molar-refractivity contribution in [2.45, 2.75) is 124 Å². The maximum atomic E-state index is 16.4. The first-order chi connectivity index (χ1) is 31.3. The Kier molecular flexibility index (Phi) is 11.6. The highest BCUT2D eigenvalue weighted by Gasteiger charge is 2.72. The maximum absolute atomic E-state index is 16.4. The van der Waals surface area contributed by atoms with Crippen LogP contribution in [0.15, 0.2) is 53.3 Å². The molecule has 1 unspecified atom stereocenters. The lowest BCUT2D eigenvalue weighted by atomic mass is 9.55. The average Bonchev–Trinajstić information content (AvgIpc) is 3.85. The van der Waals surface area contributed by atoms with Crippen molar-refractivity contribution in [3.8, 4) is 5.75 Å². The molecular weight excluding hydrogens is 872 g/mol. The lowest BCUT2D eigenvalue weighted by molar-refractivity contribution is -0.136. The number of halogens is 3. The van der Waals surface area contributed by atoms with Gasteiger partial charge in [-0.2, -0.15) is 0 Å². The van der Waals surface area contributed by atoms with E-state index < -0.39 is 40.7 Å². The maximum Gasteiger partial charge on any atom is 0.329 e. The monoisotopic (exact) mass is 927 g/mol. The van der Waals surface area contributed by atoms with Crippen LogP contribution in [0.3, 0.4) is 0 Å². The topological polar surface area (TPSA) is 156 Å². The van der Waals surface area contributed by atoms with E-state index in [1.54, 1.807) is 43.0 Å². The highest BCUT2D eigenvalue weighted by atomic mass is 35.5. The number of carbonyl (C=O) groups excluding carboxylic acids is 4. The normalized spacial score (nSPS) is 28.1. The van der Waals surface area contributed by atoms with Crippen LogP contribution in [0.1, 0.15) is 118 Å². The molecule has 6 aliphatic rings. The van der Waals surface area contributed by atoms with Gasteiger partial charge in [-0.3, -0.25) is 38.9 Å². The van der Waals surface area contributed by atoms with E-state index in [-0.39, 0.29) is 58.8 Å². The number of aromatic nitrogens is 2. The molecule has 5 fully saturated rings. The molecule has 0 bridgehead atoms. The van der Waals surface area contributed by atoms with Gasteiger partial charge in [-0.15, -0.1) is 0 Å². The first-order valence-electron chi connectivity index (χ1n) is 23.3. The largest absolute Gasteiger partial charge is 0.496 e. The van der Waals surface area contributed by atoms with Crippen LogP contribution in [0.25, 0.3) is 11.0 Å². The van der Waals surface area contributed by atoms with Crippen molar-refractivity contribution in [3.05, 3.63) is 91.6 Å². The minimum absolute atomic E-state index is 0.0514. The molecule has 0 radical (unpaired) electrons. The minimum atomic E-state index is -1.28. The summed E-state index contributed by atoms with van der Waals surface area (Å²) in [4.78, 5) is 70.5. The second-order valence-electron chi connectivity index (χ2n) is 19.4. The Balaban J connectivity index is 0.827. The van der Waals surface area contributed by atoms with Crippen molar-refractivity contribution < 1.29 is 28.3 Å². The van der Waals surface area contributed by atoms with E-state index in [1.165, 1.54) is 10.6 Å². The molecule has 2 saturated carbocycles. The van der Waals surface area contributed by atoms with Crippen LogP contribution < -0.4 is 31.7 Å². The van der Waals surface area contributed by atoms with Gasteiger partial charge in [0.25, 0.3) is 0 Å². The average molecular weight is 929 g/mol. The van der Waals surface area contributed by atoms with Crippen molar-refractivity contribution in [1.82, 2.24) is 30.0 Å². The Bertz CT molecular complexity index is 2650. The third-order valence-corrected chi connectivity index (χ3v) is 16.5. The summed E-state index contributed by atoms with van der Waals surface area (Å²) in [7, 11) is 3.38. The number of nitrogens with zero attached hydrogens (tertiary/aromatic N) is 3. The van der Waals surface area contributed by atoms with Gasteiger partial charge in [-0.1, -0.05) is 60.7 Å². The molecule has 4 amide bonds. The fourth-order valence-corrected chi connectivity index (χ4v) is 13.4. The standard InChI is InChI=1S/C49H56Cl2FN7O6/c1-57-43-35(59(47(57)64)36-16-18-38(60)55-44(36)61)15-17-37(65-2)39(43)28-19-23-58(24-20-28)26-27-9-12-30(13-10-27)53-45(62)42-40(31-7-6-8-33(51)41(31)52)49(48(56-42)21-4-3-5-22-48)32-14-11-29(50)25-34(32)54-46(49)63/h6-8,11,14-15,17,25,27-28,30,36,40,42,56H,3-5,9-10,12-13,16,18-24,26H2,1-2H3,(H,53,62)(H,54,63)(H,55,60,61)/t27?,30?,36?,40-,42+,49+/m0/s1. The Morgan fingerprint density at radius 2 is 1.68 bits per heavy atom. The number of ether oxygens (including phenoxy) is 1. The van der Waals surface area contributed by atoms with Gasteiger partial charge in [0, 0.05) is 53.8 Å². The predicted molar refractivity (Wildman–Crippen MR) is 246 cm³/mol. The van der Waals surface area contributed by atoms with Crippen molar-refractivity contribution in [2.24, 2.45) is 13.0 Å². The molecule has 2 spiro atoms. The van der Waals surface area contributed by atoms with Gasteiger partial charge in [0.1, 0.15) is 23.0 Å². The number of hydrogen-bond acceptors (Lipinski definition) is 8. The molecule has 4 N–H and O–H groups in total. The van der Waals surface area contributed by atoms with Crippen LogP contribution in [0, 0.1) is 11.7 Å². The number of imidazole rings is 1. The number of nitrogens with one attached hydrogen (secondary N) is 4. The minimum Gasteiger partial charge on any atom is -0.496 e. The molecule has 13 nitrogen and oxygen atoms in total. The zero-order chi connectivity index (χ0) is 45.4. The molecule has 10 rings (SSSR count). The zero-order valence-electron chi connectivity index (χ0n) is 36.8. The lowest BCUT2D eigenvalue weighted by Crippen LogP contribution is -2.60. The highest BCUT2D eigenvalue weighted by molar-refractivity contribution is 6.31. The van der Waals surface area contributed by atoms with Gasteiger partial charge in [-0.25, -0.2) is 9.18 Å². The SMILES string of the molecule is COc1ccc2c(c1C1CCN(CC3CCC(NC(=O)[C@@H]4NC5(CCCCC5)[C@@]5(C(=O)Nc6cc(Cl)ccc65)[C@H]4c4cccc(Cl)c4F)CC3)CC1)n(C)c(=O)n2C1CCC(=O)NC1=O. The second kappa shape index (κ2) is 17.2. The van der Waals surface area contributed by atoms with Crippen LogP contribution in [-0.2, 0) is 31.6 Å². The van der Waals surface area contributed by atoms with Crippen molar-refractivity contribution in [3.63, 3.8) is 0 Å². The molecule has 16 heteroatoms. The number of benzene rings is 3. The van der Waals surface area contributed by atoms with Gasteiger partial charge < -0.3 is 20.3 Å². The molecule has 1 aromatic heterocycles. The third-order valence-electron chi connectivity index (χ3n) is 16.0. The van der Waals surface area contributed by atoms with Crippen LogP contribution in [0.4, 0.5) is 10.1 Å². The summed E-state index contributed by atoms with van der Waals surface area (Å²) in [6.07, 6.45) is 9.80. The van der Waals surface area contributed by atoms with E-state index in [1.807, 2.05) is 18.2 Å². The molecule has 3 aromatic carbocycles. The molecule has 2 aliphatic carbocycles. The van der Waals surface area contributed by atoms with Gasteiger partial charge in [0.05, 0.1) is 29.2 Å². The second-order valence-corrected chi connectivity index (χ2v) is 20.2. The van der Waals surface area contributed by atoms with E-state index in [4.69, 9.17) is 27.9 Å². The van der Waals surface area contributed by atoms with Crippen LogP contribution in [0.2, 0.25) is 10.0 Å². The van der Waals surface area contributed by atoms with Crippen molar-refractivity contribution in [1.29, 1.82) is 0 Å². The Morgan fingerprint density at radius 1 is 0.923 bits per heavy atom. The molecule has 3 saturated heterocycles. The molecule has 4 aliphatic heterocycles. The number of likely N-dealkylation sites (tertiary alicyclic amines) is 1. The van der Waals surface area contributed by atoms with Gasteiger partial charge in [0.15, 0.2) is 0 Å². The Hall–Kier alpha value is -4.76. The zero-order valence-corrected chi connectivity index (χ0v) is 38.3. The summed E-state index contributed by atoms with van der Waals surface area (Å²) >= 11 is 12.9. The molecule has 344 valence electrons. The number of aryl methyl sites for hydroxylation is 1. The summed E-state index contributed by atoms with van der Waals surface area (Å²) in [5.74, 6) is -1.44. The molecule has 4 atom stereocenters. The predicted octanol–water partition coefficient (Wildman–Crippen LogP) is 6.98.